The molecule has 5 nitrogen and oxygen atoms in total. The van der Waals surface area contributed by atoms with E-state index in [0.717, 1.165) is 5.56 Å². The molecule has 0 bridgehead atoms. The predicted molar refractivity (Wildman–Crippen MR) is 73.5 cm³/mol. The third kappa shape index (κ3) is 2.89. The summed E-state index contributed by atoms with van der Waals surface area (Å²) in [6.07, 6.45) is 3.91. The van der Waals surface area contributed by atoms with E-state index in [1.807, 2.05) is 30.1 Å². The summed E-state index contributed by atoms with van der Waals surface area (Å²) in [4.78, 5) is 10.5. The van der Waals surface area contributed by atoms with E-state index in [9.17, 15) is 10.1 Å². The van der Waals surface area contributed by atoms with E-state index in [0.29, 0.717) is 16.7 Å². The van der Waals surface area contributed by atoms with Gasteiger partial charge in [-0.2, -0.15) is 0 Å². The fourth-order valence-electron chi connectivity index (χ4n) is 1.67. The summed E-state index contributed by atoms with van der Waals surface area (Å²) in [5.41, 5.74) is 1.67. The highest BCUT2D eigenvalue weighted by atomic mass is 79.9. The van der Waals surface area contributed by atoms with E-state index in [1.165, 1.54) is 6.07 Å². The number of hydrogen-bond donors (Lipinski definition) is 1. The zero-order chi connectivity index (χ0) is 13.1. The molecular formula is C12H12BrN3O2. The Morgan fingerprint density at radius 3 is 2.83 bits per heavy atom. The molecule has 2 aromatic rings. The summed E-state index contributed by atoms with van der Waals surface area (Å²) in [7, 11) is 1.94. The van der Waals surface area contributed by atoms with Crippen molar-refractivity contribution in [2.45, 2.75) is 6.54 Å². The van der Waals surface area contributed by atoms with Crippen LogP contribution in [0.2, 0.25) is 0 Å². The molecule has 1 heterocycles. The second kappa shape index (κ2) is 5.22. The van der Waals surface area contributed by atoms with Gasteiger partial charge in [0.2, 0.25) is 0 Å². The van der Waals surface area contributed by atoms with E-state index >= 15 is 0 Å². The van der Waals surface area contributed by atoms with Crippen molar-refractivity contribution in [2.75, 3.05) is 5.32 Å². The number of nitro groups is 1. The van der Waals surface area contributed by atoms with E-state index in [4.69, 9.17) is 0 Å². The highest BCUT2D eigenvalue weighted by molar-refractivity contribution is 9.10. The van der Waals surface area contributed by atoms with E-state index in [2.05, 4.69) is 21.2 Å². The molecule has 0 amide bonds. The number of nitrogens with one attached hydrogen (secondary N) is 1. The molecular weight excluding hydrogens is 298 g/mol. The first-order chi connectivity index (χ1) is 8.56. The van der Waals surface area contributed by atoms with Crippen LogP contribution in [0.15, 0.2) is 41.1 Å². The van der Waals surface area contributed by atoms with Gasteiger partial charge >= 0.3 is 0 Å². The second-order valence-corrected chi connectivity index (χ2v) is 4.87. The first-order valence-electron chi connectivity index (χ1n) is 5.35. The van der Waals surface area contributed by atoms with Gasteiger partial charge in [-0.1, -0.05) is 15.9 Å². The molecule has 6 heteroatoms. The van der Waals surface area contributed by atoms with Crippen molar-refractivity contribution in [3.05, 3.63) is 56.8 Å². The number of benzene rings is 1. The number of anilines is 1. The number of aryl methyl sites for hydroxylation is 1. The van der Waals surface area contributed by atoms with Gasteiger partial charge in [-0.15, -0.1) is 0 Å². The van der Waals surface area contributed by atoms with Crippen LogP contribution in [0.1, 0.15) is 5.56 Å². The van der Waals surface area contributed by atoms with Crippen LogP contribution in [-0.2, 0) is 13.6 Å². The van der Waals surface area contributed by atoms with E-state index in [1.54, 1.807) is 12.1 Å². The SMILES string of the molecule is Cn1ccc(CNc2ccc(Br)cc2[N+](=O)[O-])c1. The molecule has 0 aliphatic heterocycles. The third-order valence-electron chi connectivity index (χ3n) is 2.53. The Hall–Kier alpha value is -1.82. The van der Waals surface area contributed by atoms with Crippen molar-refractivity contribution in [1.29, 1.82) is 0 Å². The van der Waals surface area contributed by atoms with Gasteiger partial charge in [-0.25, -0.2) is 0 Å². The Labute approximate surface area is 113 Å². The Bertz CT molecular complexity index is 580. The van der Waals surface area contributed by atoms with Crippen LogP contribution in [0.5, 0.6) is 0 Å². The summed E-state index contributed by atoms with van der Waals surface area (Å²) in [5, 5.41) is 14.0. The summed E-state index contributed by atoms with van der Waals surface area (Å²) >= 11 is 3.23. The van der Waals surface area contributed by atoms with E-state index in [-0.39, 0.29) is 5.69 Å². The van der Waals surface area contributed by atoms with Crippen molar-refractivity contribution in [2.24, 2.45) is 7.05 Å². The van der Waals surface area contributed by atoms with Crippen LogP contribution >= 0.6 is 15.9 Å². The van der Waals surface area contributed by atoms with Gasteiger partial charge in [0.05, 0.1) is 4.92 Å². The number of halogens is 1. The molecule has 0 radical (unpaired) electrons. The molecule has 0 unspecified atom stereocenters. The summed E-state index contributed by atoms with van der Waals surface area (Å²) in [6.45, 7) is 0.559. The van der Waals surface area contributed by atoms with Gasteiger partial charge in [-0.05, 0) is 23.8 Å². The average molecular weight is 310 g/mol. The first kappa shape index (κ1) is 12.6. The van der Waals surface area contributed by atoms with Crippen LogP contribution in [0, 0.1) is 10.1 Å². The maximum atomic E-state index is 10.9. The lowest BCUT2D eigenvalue weighted by Crippen LogP contribution is -2.02. The highest BCUT2D eigenvalue weighted by Crippen LogP contribution is 2.28. The molecule has 18 heavy (non-hydrogen) atoms. The van der Waals surface area contributed by atoms with Gasteiger partial charge in [-0.3, -0.25) is 10.1 Å². The van der Waals surface area contributed by atoms with Crippen LogP contribution < -0.4 is 5.32 Å². The van der Waals surface area contributed by atoms with Crippen molar-refractivity contribution >= 4 is 27.3 Å². The molecule has 1 N–H and O–H groups in total. The van der Waals surface area contributed by atoms with Gasteiger partial charge in [0.15, 0.2) is 0 Å². The summed E-state index contributed by atoms with van der Waals surface area (Å²) < 4.78 is 2.63. The van der Waals surface area contributed by atoms with Crippen molar-refractivity contribution in [1.82, 2.24) is 4.57 Å². The van der Waals surface area contributed by atoms with Gasteiger partial charge in [0, 0.05) is 36.5 Å². The van der Waals surface area contributed by atoms with Gasteiger partial charge in [0.1, 0.15) is 5.69 Å². The largest absolute Gasteiger partial charge is 0.375 e. The van der Waals surface area contributed by atoms with Crippen molar-refractivity contribution < 1.29 is 4.92 Å². The standard InChI is InChI=1S/C12H12BrN3O2/c1-15-5-4-9(8-15)7-14-11-3-2-10(13)6-12(11)16(17)18/h2-6,8,14H,7H2,1H3. The number of nitrogens with zero attached hydrogens (tertiary/aromatic N) is 2. The number of aromatic nitrogens is 1. The molecule has 0 fully saturated rings. The van der Waals surface area contributed by atoms with Crippen molar-refractivity contribution in [3.63, 3.8) is 0 Å². The molecule has 1 aromatic carbocycles. The summed E-state index contributed by atoms with van der Waals surface area (Å²) in [5.74, 6) is 0. The monoisotopic (exact) mass is 309 g/mol. The van der Waals surface area contributed by atoms with Crippen LogP contribution in [0.4, 0.5) is 11.4 Å². The van der Waals surface area contributed by atoms with Crippen LogP contribution in [0.3, 0.4) is 0 Å². The van der Waals surface area contributed by atoms with E-state index < -0.39 is 4.92 Å². The van der Waals surface area contributed by atoms with Gasteiger partial charge in [0.25, 0.3) is 5.69 Å². The third-order valence-corrected chi connectivity index (χ3v) is 3.03. The lowest BCUT2D eigenvalue weighted by molar-refractivity contribution is -0.384. The minimum Gasteiger partial charge on any atom is -0.375 e. The maximum absolute atomic E-state index is 10.9. The quantitative estimate of drug-likeness (QED) is 0.696. The zero-order valence-corrected chi connectivity index (χ0v) is 11.3. The van der Waals surface area contributed by atoms with Crippen molar-refractivity contribution in [3.8, 4) is 0 Å². The fraction of sp³-hybridized carbons (Fsp3) is 0.167. The smallest absolute Gasteiger partial charge is 0.293 e. The lowest BCUT2D eigenvalue weighted by Gasteiger charge is -2.06. The normalized spacial score (nSPS) is 10.3. The average Bonchev–Trinajstić information content (AvgIpc) is 2.73. The topological polar surface area (TPSA) is 60.1 Å². The molecule has 0 atom stereocenters. The predicted octanol–water partition coefficient (Wildman–Crippen LogP) is 3.31. The molecule has 0 spiro atoms. The molecule has 0 aliphatic carbocycles. The second-order valence-electron chi connectivity index (χ2n) is 3.96. The first-order valence-corrected chi connectivity index (χ1v) is 6.14. The lowest BCUT2D eigenvalue weighted by atomic mass is 10.2. The summed E-state index contributed by atoms with van der Waals surface area (Å²) in [6, 6.07) is 6.94. The fourth-order valence-corrected chi connectivity index (χ4v) is 2.02. The van der Waals surface area contributed by atoms with Gasteiger partial charge < -0.3 is 9.88 Å². The molecule has 2 rings (SSSR count). The Morgan fingerprint density at radius 2 is 2.22 bits per heavy atom. The van der Waals surface area contributed by atoms with Crippen LogP contribution in [0.25, 0.3) is 0 Å². The molecule has 0 saturated heterocycles. The Kier molecular flexibility index (Phi) is 3.66. The minimum absolute atomic E-state index is 0.0697. The molecule has 0 aliphatic rings. The molecule has 1 aromatic heterocycles. The Morgan fingerprint density at radius 1 is 1.44 bits per heavy atom. The highest BCUT2D eigenvalue weighted by Gasteiger charge is 2.13. The maximum Gasteiger partial charge on any atom is 0.293 e. The van der Waals surface area contributed by atoms with Crippen LogP contribution in [-0.4, -0.2) is 9.49 Å². The molecule has 94 valence electrons. The number of nitro benzene ring substituents is 1. The minimum atomic E-state index is -0.391. The number of rotatable bonds is 4. The zero-order valence-electron chi connectivity index (χ0n) is 9.76. The Balaban J connectivity index is 2.16. The number of hydrogen-bond acceptors (Lipinski definition) is 3. The molecule has 0 saturated carbocycles.